The molecule has 0 bridgehead atoms. The van der Waals surface area contributed by atoms with Crippen molar-refractivity contribution in [2.24, 2.45) is 0 Å². The van der Waals surface area contributed by atoms with Gasteiger partial charge in [-0.25, -0.2) is 4.79 Å². The largest absolute Gasteiger partial charge is 0.573 e. The molecule has 0 atom stereocenters. The molecule has 1 aromatic carbocycles. The molecule has 0 spiro atoms. The Balaban J connectivity index is 2.48. The number of alkyl carbamates (subject to hydrolysis) is 1. The van der Waals surface area contributed by atoms with Gasteiger partial charge in [0.1, 0.15) is 11.4 Å². The number of benzene rings is 1. The van der Waals surface area contributed by atoms with Gasteiger partial charge in [0, 0.05) is 12.1 Å². The van der Waals surface area contributed by atoms with Gasteiger partial charge in [0.15, 0.2) is 0 Å². The highest BCUT2D eigenvalue weighted by Gasteiger charge is 2.31. The Morgan fingerprint density at radius 1 is 1.22 bits per heavy atom. The summed E-state index contributed by atoms with van der Waals surface area (Å²) < 4.78 is 45.8. The lowest BCUT2D eigenvalue weighted by Gasteiger charge is -2.19. The van der Waals surface area contributed by atoms with E-state index in [1.165, 1.54) is 24.3 Å². The summed E-state index contributed by atoms with van der Waals surface area (Å²) in [5.41, 5.74) is -0.268. The van der Waals surface area contributed by atoms with Crippen LogP contribution < -0.4 is 10.1 Å². The maximum atomic E-state index is 12.3. The molecule has 1 aromatic rings. The van der Waals surface area contributed by atoms with Crippen molar-refractivity contribution < 1.29 is 27.4 Å². The predicted molar refractivity (Wildman–Crippen MR) is 81.0 cm³/mol. The second kappa shape index (κ2) is 7.89. The highest BCUT2D eigenvalue weighted by atomic mass is 19.4. The molecule has 0 fully saturated rings. The first-order valence-electron chi connectivity index (χ1n) is 7.05. The second-order valence-electron chi connectivity index (χ2n) is 5.71. The monoisotopic (exact) mass is 331 g/mol. The van der Waals surface area contributed by atoms with Gasteiger partial charge in [0.25, 0.3) is 0 Å². The van der Waals surface area contributed by atoms with E-state index in [1.807, 2.05) is 0 Å². The first-order chi connectivity index (χ1) is 10.6. The van der Waals surface area contributed by atoms with Crippen LogP contribution in [0.25, 0.3) is 6.08 Å². The van der Waals surface area contributed by atoms with Gasteiger partial charge in [0.2, 0.25) is 0 Å². The van der Waals surface area contributed by atoms with Crippen molar-refractivity contribution in [3.63, 3.8) is 0 Å². The Bertz CT molecular complexity index is 548. The van der Waals surface area contributed by atoms with E-state index in [0.717, 1.165) is 0 Å². The third-order valence-corrected chi connectivity index (χ3v) is 2.42. The van der Waals surface area contributed by atoms with Gasteiger partial charge in [-0.05, 0) is 33.3 Å². The highest BCUT2D eigenvalue weighted by molar-refractivity contribution is 5.67. The fraction of sp³-hybridized carbons (Fsp3) is 0.438. The number of halogens is 3. The van der Waals surface area contributed by atoms with E-state index in [2.05, 4.69) is 10.1 Å². The zero-order chi connectivity index (χ0) is 17.5. The molecule has 0 saturated carbocycles. The minimum Gasteiger partial charge on any atom is -0.444 e. The molecule has 1 N–H and O–H groups in total. The minimum atomic E-state index is -4.73. The molecule has 23 heavy (non-hydrogen) atoms. The summed E-state index contributed by atoms with van der Waals surface area (Å²) in [6.45, 7) is 5.58. The van der Waals surface area contributed by atoms with Crippen LogP contribution in [-0.2, 0) is 4.74 Å². The van der Waals surface area contributed by atoms with E-state index >= 15 is 0 Å². The van der Waals surface area contributed by atoms with Crippen LogP contribution >= 0.6 is 0 Å². The molecular weight excluding hydrogens is 311 g/mol. The van der Waals surface area contributed by atoms with Gasteiger partial charge in [-0.15, -0.1) is 13.2 Å². The molecule has 128 valence electrons. The number of hydrogen-bond acceptors (Lipinski definition) is 3. The summed E-state index contributed by atoms with van der Waals surface area (Å²) in [5.74, 6) is -0.267. The topological polar surface area (TPSA) is 47.6 Å². The first kappa shape index (κ1) is 18.9. The number of nitrogens with one attached hydrogen (secondary N) is 1. The van der Waals surface area contributed by atoms with Crippen LogP contribution in [0.15, 0.2) is 30.3 Å². The molecule has 7 heteroatoms. The average Bonchev–Trinajstić information content (AvgIpc) is 2.36. The number of amides is 1. The maximum absolute atomic E-state index is 12.3. The van der Waals surface area contributed by atoms with E-state index in [-0.39, 0.29) is 5.75 Å². The second-order valence-corrected chi connectivity index (χ2v) is 5.71. The molecule has 4 nitrogen and oxygen atoms in total. The highest BCUT2D eigenvalue weighted by Crippen LogP contribution is 2.27. The van der Waals surface area contributed by atoms with E-state index < -0.39 is 18.1 Å². The van der Waals surface area contributed by atoms with Crippen LogP contribution in [-0.4, -0.2) is 24.6 Å². The smallest absolute Gasteiger partial charge is 0.444 e. The molecule has 0 radical (unpaired) electrons. The zero-order valence-corrected chi connectivity index (χ0v) is 13.2. The molecule has 1 amide bonds. The molecule has 1 rings (SSSR count). The van der Waals surface area contributed by atoms with Crippen LogP contribution in [0.5, 0.6) is 5.75 Å². The van der Waals surface area contributed by atoms with Gasteiger partial charge < -0.3 is 14.8 Å². The van der Waals surface area contributed by atoms with Crippen molar-refractivity contribution in [3.8, 4) is 5.75 Å². The number of alkyl halides is 3. The number of carbonyl (C=O) groups excluding carboxylic acids is 1. The molecule has 0 unspecified atom stereocenters. The number of carbonyl (C=O) groups is 1. The quantitative estimate of drug-likeness (QED) is 0.807. The van der Waals surface area contributed by atoms with Gasteiger partial charge in [-0.1, -0.05) is 30.4 Å². The summed E-state index contributed by atoms with van der Waals surface area (Å²) >= 11 is 0. The summed E-state index contributed by atoms with van der Waals surface area (Å²) in [7, 11) is 0. The normalized spacial score (nSPS) is 12.3. The van der Waals surface area contributed by atoms with Crippen molar-refractivity contribution in [1.82, 2.24) is 5.32 Å². The first-order valence-corrected chi connectivity index (χ1v) is 7.05. The Kier molecular flexibility index (Phi) is 6.48. The standard InChI is InChI=1S/C16H20F3NO3/c1-15(2,3)23-14(21)20-11-7-6-9-12-8-4-5-10-13(12)22-16(17,18)19/h4-6,8-10H,7,11H2,1-3H3,(H,20,21). The lowest BCUT2D eigenvalue weighted by atomic mass is 10.2. The number of rotatable bonds is 5. The van der Waals surface area contributed by atoms with Crippen LogP contribution in [0.1, 0.15) is 32.8 Å². The predicted octanol–water partition coefficient (Wildman–Crippen LogP) is 4.51. The Morgan fingerprint density at radius 3 is 2.48 bits per heavy atom. The Morgan fingerprint density at radius 2 is 1.87 bits per heavy atom. The molecule has 0 heterocycles. The number of para-hydroxylation sites is 1. The maximum Gasteiger partial charge on any atom is 0.573 e. The van der Waals surface area contributed by atoms with Crippen molar-refractivity contribution in [2.45, 2.75) is 39.2 Å². The van der Waals surface area contributed by atoms with Crippen molar-refractivity contribution in [3.05, 3.63) is 35.9 Å². The molecule has 0 aromatic heterocycles. The van der Waals surface area contributed by atoms with Gasteiger partial charge in [-0.3, -0.25) is 0 Å². The zero-order valence-electron chi connectivity index (χ0n) is 13.2. The van der Waals surface area contributed by atoms with Crippen LogP contribution in [0.4, 0.5) is 18.0 Å². The van der Waals surface area contributed by atoms with Crippen molar-refractivity contribution in [2.75, 3.05) is 6.54 Å². The number of hydrogen-bond donors (Lipinski definition) is 1. The molecule has 0 aliphatic heterocycles. The van der Waals surface area contributed by atoms with Gasteiger partial charge in [0.05, 0.1) is 0 Å². The third kappa shape index (κ3) is 8.75. The van der Waals surface area contributed by atoms with Gasteiger partial charge >= 0.3 is 12.5 Å². The molecule has 0 aliphatic carbocycles. The molecule has 0 saturated heterocycles. The average molecular weight is 331 g/mol. The third-order valence-electron chi connectivity index (χ3n) is 2.42. The van der Waals surface area contributed by atoms with E-state index in [4.69, 9.17) is 4.74 Å². The summed E-state index contributed by atoms with van der Waals surface area (Å²) in [6, 6.07) is 5.83. The molecule has 0 aliphatic rings. The minimum absolute atomic E-state index is 0.267. The van der Waals surface area contributed by atoms with Crippen LogP contribution in [0.3, 0.4) is 0 Å². The van der Waals surface area contributed by atoms with Crippen LogP contribution in [0, 0.1) is 0 Å². The summed E-state index contributed by atoms with van der Waals surface area (Å²) in [4.78, 5) is 11.4. The Hall–Kier alpha value is -2.18. The summed E-state index contributed by atoms with van der Waals surface area (Å²) in [5, 5.41) is 2.55. The lowest BCUT2D eigenvalue weighted by molar-refractivity contribution is -0.274. The fourth-order valence-electron chi connectivity index (χ4n) is 1.62. The summed E-state index contributed by atoms with van der Waals surface area (Å²) in [6.07, 6.45) is -1.66. The van der Waals surface area contributed by atoms with Crippen molar-refractivity contribution >= 4 is 12.2 Å². The van der Waals surface area contributed by atoms with E-state index in [1.54, 1.807) is 32.9 Å². The SMILES string of the molecule is CC(C)(C)OC(=O)NCCC=Cc1ccccc1OC(F)(F)F. The fourth-order valence-corrected chi connectivity index (χ4v) is 1.62. The number of ether oxygens (including phenoxy) is 2. The Labute approximate surface area is 133 Å². The van der Waals surface area contributed by atoms with E-state index in [9.17, 15) is 18.0 Å². The van der Waals surface area contributed by atoms with E-state index in [0.29, 0.717) is 18.5 Å². The van der Waals surface area contributed by atoms with Crippen molar-refractivity contribution in [1.29, 1.82) is 0 Å². The molecular formula is C16H20F3NO3. The van der Waals surface area contributed by atoms with Crippen LogP contribution in [0.2, 0.25) is 0 Å². The van der Waals surface area contributed by atoms with Gasteiger partial charge in [-0.2, -0.15) is 0 Å². The lowest BCUT2D eigenvalue weighted by Crippen LogP contribution is -2.32.